The third kappa shape index (κ3) is 3.93. The predicted molar refractivity (Wildman–Crippen MR) is 110 cm³/mol. The van der Waals surface area contributed by atoms with E-state index in [1.165, 1.54) is 5.01 Å². The Balaban J connectivity index is 1.55. The number of hydrogen-bond acceptors (Lipinski definition) is 4. The van der Waals surface area contributed by atoms with Crippen LogP contribution in [0.5, 0.6) is 0 Å². The van der Waals surface area contributed by atoms with Gasteiger partial charge in [0.15, 0.2) is 0 Å². The number of hydrogen-bond donors (Lipinski definition) is 0. The number of urea groups is 1. The quantitative estimate of drug-likeness (QED) is 0.738. The lowest BCUT2D eigenvalue weighted by Gasteiger charge is -2.44. The van der Waals surface area contributed by atoms with Crippen molar-refractivity contribution in [3.8, 4) is 0 Å². The highest BCUT2D eigenvalue weighted by Gasteiger charge is 2.49. The summed E-state index contributed by atoms with van der Waals surface area (Å²) in [6.45, 7) is 2.54. The number of rotatable bonds is 6. The van der Waals surface area contributed by atoms with Crippen LogP contribution in [-0.2, 0) is 27.5 Å². The van der Waals surface area contributed by atoms with E-state index in [1.807, 2.05) is 60.7 Å². The number of fused-ring (bicyclic) bond motifs is 1. The summed E-state index contributed by atoms with van der Waals surface area (Å²) in [4.78, 5) is 41.1. The molecule has 2 saturated heterocycles. The molecule has 2 heterocycles. The molecule has 4 amide bonds. The Hall–Kier alpha value is -3.19. The zero-order valence-corrected chi connectivity index (χ0v) is 16.9. The standard InChI is InChI=1S/C23H25N3O4/c1-17(30-16-19-11-6-3-7-12-19)21(27)26-22(28)20-13-8-14-24(20)23(29)25(26)15-18-9-4-2-5-10-18/h2-7,9-12,17,20H,8,13-16H2,1H3/t17-,20-/m0/s1. The van der Waals surface area contributed by atoms with Crippen LogP contribution in [0.3, 0.4) is 0 Å². The number of imide groups is 1. The summed E-state index contributed by atoms with van der Waals surface area (Å²) in [7, 11) is 0. The monoisotopic (exact) mass is 407 g/mol. The number of carbonyl (C=O) groups is 3. The van der Waals surface area contributed by atoms with Crippen molar-refractivity contribution in [3.05, 3.63) is 71.8 Å². The molecule has 7 nitrogen and oxygen atoms in total. The minimum atomic E-state index is -0.867. The molecule has 0 aliphatic carbocycles. The summed E-state index contributed by atoms with van der Waals surface area (Å²) in [6.07, 6.45) is 0.462. The Morgan fingerprint density at radius 2 is 1.67 bits per heavy atom. The van der Waals surface area contributed by atoms with E-state index in [9.17, 15) is 14.4 Å². The van der Waals surface area contributed by atoms with Crippen LogP contribution in [0.4, 0.5) is 4.79 Å². The van der Waals surface area contributed by atoms with Crippen molar-refractivity contribution in [2.24, 2.45) is 0 Å². The number of carbonyl (C=O) groups excluding carboxylic acids is 3. The fourth-order valence-corrected chi connectivity index (χ4v) is 3.91. The summed E-state index contributed by atoms with van der Waals surface area (Å²) in [5, 5.41) is 2.27. The van der Waals surface area contributed by atoms with Gasteiger partial charge in [0.25, 0.3) is 11.8 Å². The van der Waals surface area contributed by atoms with Gasteiger partial charge in [-0.05, 0) is 30.9 Å². The maximum absolute atomic E-state index is 13.2. The second kappa shape index (κ2) is 8.67. The summed E-state index contributed by atoms with van der Waals surface area (Å²) >= 11 is 0. The predicted octanol–water partition coefficient (Wildman–Crippen LogP) is 2.96. The topological polar surface area (TPSA) is 70.2 Å². The third-order valence-electron chi connectivity index (χ3n) is 5.53. The highest BCUT2D eigenvalue weighted by Crippen LogP contribution is 2.29. The van der Waals surface area contributed by atoms with Crippen LogP contribution < -0.4 is 0 Å². The van der Waals surface area contributed by atoms with Crippen LogP contribution in [0.15, 0.2) is 60.7 Å². The molecule has 2 aromatic rings. The molecule has 2 fully saturated rings. The van der Waals surface area contributed by atoms with Gasteiger partial charge in [-0.2, -0.15) is 5.01 Å². The lowest BCUT2D eigenvalue weighted by Crippen LogP contribution is -2.67. The normalized spacial score (nSPS) is 19.8. The SMILES string of the molecule is C[C@H](OCc1ccccc1)C(=O)N1C(=O)[C@@H]2CCCN2C(=O)N1Cc1ccccc1. The van der Waals surface area contributed by atoms with E-state index in [-0.39, 0.29) is 25.1 Å². The molecular formula is C23H25N3O4. The maximum atomic E-state index is 13.2. The van der Waals surface area contributed by atoms with Crippen LogP contribution in [0.25, 0.3) is 0 Å². The van der Waals surface area contributed by atoms with Gasteiger partial charge in [0.2, 0.25) is 0 Å². The van der Waals surface area contributed by atoms with Gasteiger partial charge in [-0.15, -0.1) is 0 Å². The first-order valence-corrected chi connectivity index (χ1v) is 10.2. The summed E-state index contributed by atoms with van der Waals surface area (Å²) in [5.41, 5.74) is 1.77. The Morgan fingerprint density at radius 3 is 2.33 bits per heavy atom. The van der Waals surface area contributed by atoms with E-state index in [2.05, 4.69) is 0 Å². The lowest BCUT2D eigenvalue weighted by atomic mass is 10.1. The number of benzene rings is 2. The Kier molecular flexibility index (Phi) is 5.81. The van der Waals surface area contributed by atoms with E-state index < -0.39 is 18.1 Å². The number of amides is 4. The van der Waals surface area contributed by atoms with E-state index in [0.29, 0.717) is 13.0 Å². The number of hydrazine groups is 1. The molecule has 0 aromatic heterocycles. The minimum absolute atomic E-state index is 0.145. The van der Waals surface area contributed by atoms with Crippen molar-refractivity contribution in [1.29, 1.82) is 0 Å². The molecule has 0 spiro atoms. The first kappa shape index (κ1) is 20.1. The molecule has 0 unspecified atom stereocenters. The van der Waals surface area contributed by atoms with Crippen LogP contribution in [0.2, 0.25) is 0 Å². The maximum Gasteiger partial charge on any atom is 0.340 e. The van der Waals surface area contributed by atoms with Gasteiger partial charge in [0.1, 0.15) is 12.1 Å². The molecular weight excluding hydrogens is 382 g/mol. The first-order chi connectivity index (χ1) is 14.6. The lowest BCUT2D eigenvalue weighted by molar-refractivity contribution is -0.176. The Labute approximate surface area is 175 Å². The van der Waals surface area contributed by atoms with Crippen LogP contribution in [0, 0.1) is 0 Å². The average molecular weight is 407 g/mol. The van der Waals surface area contributed by atoms with Crippen molar-refractivity contribution in [2.45, 2.75) is 45.1 Å². The van der Waals surface area contributed by atoms with Crippen molar-refractivity contribution >= 4 is 17.8 Å². The fourth-order valence-electron chi connectivity index (χ4n) is 3.91. The van der Waals surface area contributed by atoms with Crippen molar-refractivity contribution in [1.82, 2.24) is 14.9 Å². The molecule has 0 saturated carbocycles. The highest BCUT2D eigenvalue weighted by atomic mass is 16.5. The second-order valence-corrected chi connectivity index (χ2v) is 7.60. The third-order valence-corrected chi connectivity index (χ3v) is 5.53. The fraction of sp³-hybridized carbons (Fsp3) is 0.348. The molecule has 2 aliphatic rings. The zero-order chi connectivity index (χ0) is 21.1. The van der Waals surface area contributed by atoms with Crippen molar-refractivity contribution < 1.29 is 19.1 Å². The minimum Gasteiger partial charge on any atom is -0.364 e. The molecule has 2 atom stereocenters. The van der Waals surface area contributed by atoms with Gasteiger partial charge < -0.3 is 9.64 Å². The van der Waals surface area contributed by atoms with Crippen LogP contribution >= 0.6 is 0 Å². The Morgan fingerprint density at radius 1 is 1.03 bits per heavy atom. The summed E-state index contributed by atoms with van der Waals surface area (Å²) in [6, 6.07) is 18.0. The molecule has 0 bridgehead atoms. The largest absolute Gasteiger partial charge is 0.364 e. The molecule has 30 heavy (non-hydrogen) atoms. The van der Waals surface area contributed by atoms with Gasteiger partial charge in [-0.3, -0.25) is 9.59 Å². The number of ether oxygens (including phenoxy) is 1. The van der Waals surface area contributed by atoms with E-state index >= 15 is 0 Å². The molecule has 0 N–H and O–H groups in total. The van der Waals surface area contributed by atoms with Crippen molar-refractivity contribution in [2.75, 3.05) is 6.54 Å². The average Bonchev–Trinajstić information content (AvgIpc) is 3.27. The molecule has 2 aromatic carbocycles. The molecule has 2 aliphatic heterocycles. The molecule has 0 radical (unpaired) electrons. The van der Waals surface area contributed by atoms with Gasteiger partial charge in [-0.1, -0.05) is 60.7 Å². The smallest absolute Gasteiger partial charge is 0.340 e. The van der Waals surface area contributed by atoms with E-state index in [0.717, 1.165) is 22.6 Å². The van der Waals surface area contributed by atoms with Gasteiger partial charge in [0, 0.05) is 6.54 Å². The zero-order valence-electron chi connectivity index (χ0n) is 16.9. The summed E-state index contributed by atoms with van der Waals surface area (Å²) < 4.78 is 5.74. The van der Waals surface area contributed by atoms with Crippen molar-refractivity contribution in [3.63, 3.8) is 0 Å². The second-order valence-electron chi connectivity index (χ2n) is 7.60. The van der Waals surface area contributed by atoms with Crippen LogP contribution in [0.1, 0.15) is 30.9 Å². The van der Waals surface area contributed by atoms with E-state index in [1.54, 1.807) is 11.8 Å². The molecule has 156 valence electrons. The van der Waals surface area contributed by atoms with E-state index in [4.69, 9.17) is 4.74 Å². The summed E-state index contributed by atoms with van der Waals surface area (Å²) in [5.74, 6) is -0.880. The molecule has 4 rings (SSSR count). The van der Waals surface area contributed by atoms with Gasteiger partial charge >= 0.3 is 6.03 Å². The Bertz CT molecular complexity index is 919. The van der Waals surface area contributed by atoms with Crippen LogP contribution in [-0.4, -0.2) is 51.5 Å². The number of nitrogens with zero attached hydrogens (tertiary/aromatic N) is 3. The first-order valence-electron chi connectivity index (χ1n) is 10.2. The van der Waals surface area contributed by atoms with Gasteiger partial charge in [-0.25, -0.2) is 9.80 Å². The molecule has 7 heteroatoms. The highest BCUT2D eigenvalue weighted by molar-refractivity contribution is 6.04. The van der Waals surface area contributed by atoms with Gasteiger partial charge in [0.05, 0.1) is 13.2 Å².